The Kier molecular flexibility index (Phi) is 4.72. The van der Waals surface area contributed by atoms with Gasteiger partial charge < -0.3 is 10.2 Å². The van der Waals surface area contributed by atoms with Crippen molar-refractivity contribution < 1.29 is 4.39 Å². The second kappa shape index (κ2) is 6.30. The van der Waals surface area contributed by atoms with Gasteiger partial charge in [-0.25, -0.2) is 4.39 Å². The fourth-order valence-electron chi connectivity index (χ4n) is 2.92. The largest absolute Gasteiger partial charge is 0.317 e. The maximum Gasteiger partial charge on any atom is 0.126 e. The average Bonchev–Trinajstić information content (AvgIpc) is 2.38. The summed E-state index contributed by atoms with van der Waals surface area (Å²) in [4.78, 5) is 2.17. The molecule has 1 heterocycles. The Bertz CT molecular complexity index is 373. The van der Waals surface area contributed by atoms with E-state index in [4.69, 9.17) is 0 Å². The van der Waals surface area contributed by atoms with Crippen molar-refractivity contribution in [1.29, 1.82) is 0 Å². The molecule has 1 aromatic rings. The van der Waals surface area contributed by atoms with Crippen molar-refractivity contribution in [2.75, 3.05) is 33.7 Å². The summed E-state index contributed by atoms with van der Waals surface area (Å²) >= 11 is 0. The van der Waals surface area contributed by atoms with Crippen LogP contribution in [0.15, 0.2) is 24.3 Å². The van der Waals surface area contributed by atoms with Crippen LogP contribution in [0, 0.1) is 11.7 Å². The minimum absolute atomic E-state index is 0.0529. The molecule has 1 aliphatic rings. The Labute approximate surface area is 109 Å². The molecule has 0 aromatic heterocycles. The van der Waals surface area contributed by atoms with Crippen LogP contribution >= 0.6 is 0 Å². The van der Waals surface area contributed by atoms with Crippen molar-refractivity contribution in [3.8, 4) is 0 Å². The summed E-state index contributed by atoms with van der Waals surface area (Å²) < 4.78 is 14.0. The van der Waals surface area contributed by atoms with E-state index in [9.17, 15) is 4.39 Å². The number of nitrogens with one attached hydrogen (secondary N) is 1. The standard InChI is InChI=1S/C15H23FN2/c1-18(2)11-14(12-7-9-17-10-8-12)13-5-3-4-6-15(13)16/h3-6,12,14,17H,7-11H2,1-2H3. The number of benzene rings is 1. The van der Waals surface area contributed by atoms with Crippen molar-refractivity contribution in [2.45, 2.75) is 18.8 Å². The van der Waals surface area contributed by atoms with E-state index in [0.717, 1.165) is 38.0 Å². The maximum absolute atomic E-state index is 14.0. The van der Waals surface area contributed by atoms with Crippen molar-refractivity contribution in [2.24, 2.45) is 5.92 Å². The molecule has 0 bridgehead atoms. The molecule has 1 saturated heterocycles. The predicted octanol–water partition coefficient (Wildman–Crippen LogP) is 2.47. The highest BCUT2D eigenvalue weighted by Gasteiger charge is 2.27. The SMILES string of the molecule is CN(C)CC(c1ccccc1F)C1CCNCC1. The lowest BCUT2D eigenvalue weighted by Gasteiger charge is -2.33. The number of likely N-dealkylation sites (N-methyl/N-ethyl adjacent to an activating group) is 1. The zero-order valence-electron chi connectivity index (χ0n) is 11.3. The number of hydrogen-bond acceptors (Lipinski definition) is 2. The van der Waals surface area contributed by atoms with Gasteiger partial charge in [0.05, 0.1) is 0 Å². The molecule has 3 heteroatoms. The number of halogens is 1. The fraction of sp³-hybridized carbons (Fsp3) is 0.600. The highest BCUT2D eigenvalue weighted by atomic mass is 19.1. The molecule has 18 heavy (non-hydrogen) atoms. The van der Waals surface area contributed by atoms with Gasteiger partial charge in [0.1, 0.15) is 5.82 Å². The predicted molar refractivity (Wildman–Crippen MR) is 73.3 cm³/mol. The summed E-state index contributed by atoms with van der Waals surface area (Å²) in [5, 5.41) is 3.38. The minimum Gasteiger partial charge on any atom is -0.317 e. The van der Waals surface area contributed by atoms with E-state index >= 15 is 0 Å². The van der Waals surface area contributed by atoms with Gasteiger partial charge in [-0.05, 0) is 57.6 Å². The molecular weight excluding hydrogens is 227 g/mol. The lowest BCUT2D eigenvalue weighted by Crippen LogP contribution is -2.34. The van der Waals surface area contributed by atoms with Crippen LogP contribution in [0.25, 0.3) is 0 Å². The third-order valence-electron chi connectivity index (χ3n) is 3.82. The molecule has 0 spiro atoms. The Morgan fingerprint density at radius 3 is 2.56 bits per heavy atom. The zero-order chi connectivity index (χ0) is 13.0. The van der Waals surface area contributed by atoms with Gasteiger partial charge in [-0.3, -0.25) is 0 Å². The van der Waals surface area contributed by atoms with E-state index in [2.05, 4.69) is 24.3 Å². The molecule has 2 nitrogen and oxygen atoms in total. The zero-order valence-corrected chi connectivity index (χ0v) is 11.3. The summed E-state index contributed by atoms with van der Waals surface area (Å²) in [5.41, 5.74) is 0.887. The summed E-state index contributed by atoms with van der Waals surface area (Å²) in [5.74, 6) is 0.844. The van der Waals surface area contributed by atoms with Gasteiger partial charge in [0.15, 0.2) is 0 Å². The second-order valence-electron chi connectivity index (χ2n) is 5.48. The topological polar surface area (TPSA) is 15.3 Å². The Morgan fingerprint density at radius 1 is 1.28 bits per heavy atom. The molecule has 0 radical (unpaired) electrons. The van der Waals surface area contributed by atoms with Gasteiger partial charge in [-0.1, -0.05) is 18.2 Å². The van der Waals surface area contributed by atoms with Gasteiger partial charge >= 0.3 is 0 Å². The minimum atomic E-state index is -0.0529. The monoisotopic (exact) mass is 250 g/mol. The number of piperidine rings is 1. The number of nitrogens with zero attached hydrogens (tertiary/aromatic N) is 1. The summed E-state index contributed by atoms with van der Waals surface area (Å²) in [7, 11) is 4.13. The van der Waals surface area contributed by atoms with E-state index in [1.54, 1.807) is 12.1 Å². The molecule has 1 fully saturated rings. The van der Waals surface area contributed by atoms with Gasteiger partial charge in [0.2, 0.25) is 0 Å². The third kappa shape index (κ3) is 3.30. The molecule has 100 valence electrons. The first kappa shape index (κ1) is 13.5. The van der Waals surface area contributed by atoms with Crippen LogP contribution < -0.4 is 5.32 Å². The van der Waals surface area contributed by atoms with E-state index in [1.807, 2.05) is 12.1 Å². The molecular formula is C15H23FN2. The Morgan fingerprint density at radius 2 is 1.94 bits per heavy atom. The quantitative estimate of drug-likeness (QED) is 0.883. The highest BCUT2D eigenvalue weighted by molar-refractivity contribution is 5.23. The second-order valence-corrected chi connectivity index (χ2v) is 5.48. The molecule has 1 unspecified atom stereocenters. The molecule has 1 aliphatic heterocycles. The molecule has 1 atom stereocenters. The number of hydrogen-bond donors (Lipinski definition) is 1. The van der Waals surface area contributed by atoms with Crippen molar-refractivity contribution in [3.05, 3.63) is 35.6 Å². The van der Waals surface area contributed by atoms with Gasteiger partial charge in [-0.15, -0.1) is 0 Å². The van der Waals surface area contributed by atoms with Crippen molar-refractivity contribution >= 4 is 0 Å². The average molecular weight is 250 g/mol. The van der Waals surface area contributed by atoms with Crippen LogP contribution in [0.2, 0.25) is 0 Å². The van der Waals surface area contributed by atoms with Gasteiger partial charge in [0.25, 0.3) is 0 Å². The van der Waals surface area contributed by atoms with Crippen LogP contribution in [-0.4, -0.2) is 38.6 Å². The van der Waals surface area contributed by atoms with Crippen LogP contribution in [0.3, 0.4) is 0 Å². The smallest absolute Gasteiger partial charge is 0.126 e. The summed E-state index contributed by atoms with van der Waals surface area (Å²) in [6.07, 6.45) is 2.29. The molecule has 0 saturated carbocycles. The van der Waals surface area contributed by atoms with Crippen LogP contribution in [0.5, 0.6) is 0 Å². The molecule has 0 aliphatic carbocycles. The fourth-order valence-corrected chi connectivity index (χ4v) is 2.92. The lowest BCUT2D eigenvalue weighted by molar-refractivity contribution is 0.257. The van der Waals surface area contributed by atoms with Crippen molar-refractivity contribution in [1.82, 2.24) is 10.2 Å². The van der Waals surface area contributed by atoms with Crippen molar-refractivity contribution in [3.63, 3.8) is 0 Å². The van der Waals surface area contributed by atoms with Gasteiger partial charge in [0, 0.05) is 12.5 Å². The molecule has 1 aromatic carbocycles. The lowest BCUT2D eigenvalue weighted by atomic mass is 9.80. The first-order valence-electron chi connectivity index (χ1n) is 6.78. The first-order chi connectivity index (χ1) is 8.68. The summed E-state index contributed by atoms with van der Waals surface area (Å²) in [6.45, 7) is 3.04. The van der Waals surface area contributed by atoms with E-state index < -0.39 is 0 Å². The molecule has 0 amide bonds. The molecule has 2 rings (SSSR count). The van der Waals surface area contributed by atoms with E-state index in [-0.39, 0.29) is 5.82 Å². The normalized spacial score (nSPS) is 19.1. The first-order valence-corrected chi connectivity index (χ1v) is 6.78. The van der Waals surface area contributed by atoms with E-state index in [1.165, 1.54) is 0 Å². The maximum atomic E-state index is 14.0. The molecule has 1 N–H and O–H groups in total. The number of rotatable bonds is 4. The van der Waals surface area contributed by atoms with Crippen LogP contribution in [-0.2, 0) is 0 Å². The Balaban J connectivity index is 2.21. The van der Waals surface area contributed by atoms with Crippen LogP contribution in [0.4, 0.5) is 4.39 Å². The van der Waals surface area contributed by atoms with Gasteiger partial charge in [-0.2, -0.15) is 0 Å². The third-order valence-corrected chi connectivity index (χ3v) is 3.82. The Hall–Kier alpha value is -0.930. The highest BCUT2D eigenvalue weighted by Crippen LogP contribution is 2.32. The van der Waals surface area contributed by atoms with E-state index in [0.29, 0.717) is 11.8 Å². The van der Waals surface area contributed by atoms with Crippen LogP contribution in [0.1, 0.15) is 24.3 Å². The summed E-state index contributed by atoms with van der Waals surface area (Å²) in [6, 6.07) is 7.25.